The molecule has 0 aliphatic rings. The van der Waals surface area contributed by atoms with E-state index in [-0.39, 0.29) is 0 Å². The van der Waals surface area contributed by atoms with E-state index in [1.807, 2.05) is 31.2 Å². The maximum atomic E-state index is 6.01. The van der Waals surface area contributed by atoms with Gasteiger partial charge in [-0.1, -0.05) is 45.4 Å². The number of aryl methyl sites for hydroxylation is 2. The third-order valence-corrected chi connectivity index (χ3v) is 3.91. The minimum absolute atomic E-state index is 0.344. The molecule has 0 aliphatic carbocycles. The Morgan fingerprint density at radius 3 is 2.57 bits per heavy atom. The summed E-state index contributed by atoms with van der Waals surface area (Å²) in [5, 5.41) is 4.16. The molecule has 0 aliphatic heterocycles. The molecule has 21 heavy (non-hydrogen) atoms. The van der Waals surface area contributed by atoms with E-state index in [0.717, 1.165) is 38.0 Å². The van der Waals surface area contributed by atoms with Gasteiger partial charge in [-0.2, -0.15) is 0 Å². The number of anilines is 1. The van der Waals surface area contributed by atoms with Gasteiger partial charge in [-0.25, -0.2) is 0 Å². The van der Waals surface area contributed by atoms with Crippen LogP contribution in [0.3, 0.4) is 0 Å². The van der Waals surface area contributed by atoms with E-state index in [1.165, 1.54) is 0 Å². The number of nitrogens with zero attached hydrogens (tertiary/aromatic N) is 1. The third kappa shape index (κ3) is 2.59. The highest BCUT2D eigenvalue weighted by Crippen LogP contribution is 2.38. The predicted molar refractivity (Wildman–Crippen MR) is 89.0 cm³/mol. The Morgan fingerprint density at radius 1 is 1.10 bits per heavy atom. The van der Waals surface area contributed by atoms with Crippen LogP contribution in [0.1, 0.15) is 11.1 Å². The van der Waals surface area contributed by atoms with E-state index < -0.39 is 0 Å². The fourth-order valence-electron chi connectivity index (χ4n) is 2.49. The number of aromatic nitrogens is 1. The molecule has 1 heterocycles. The van der Waals surface area contributed by atoms with Gasteiger partial charge in [-0.3, -0.25) is 0 Å². The molecule has 4 heteroatoms. The maximum absolute atomic E-state index is 6.01. The van der Waals surface area contributed by atoms with E-state index >= 15 is 0 Å². The molecular formula is C17H15BrN2O. The smallest absolute Gasteiger partial charge is 0.230 e. The van der Waals surface area contributed by atoms with Crippen LogP contribution in [0.5, 0.6) is 0 Å². The second-order valence-corrected chi connectivity index (χ2v) is 6.02. The first kappa shape index (κ1) is 13.9. The second kappa shape index (κ2) is 5.37. The van der Waals surface area contributed by atoms with Gasteiger partial charge in [0.05, 0.1) is 5.56 Å². The van der Waals surface area contributed by atoms with E-state index in [2.05, 4.69) is 46.2 Å². The molecule has 0 unspecified atom stereocenters. The van der Waals surface area contributed by atoms with E-state index in [4.69, 9.17) is 10.3 Å². The number of hydrogen-bond donors (Lipinski definition) is 1. The zero-order chi connectivity index (χ0) is 15.0. The fourth-order valence-corrected chi connectivity index (χ4v) is 3.09. The van der Waals surface area contributed by atoms with E-state index in [1.54, 1.807) is 0 Å². The lowest BCUT2D eigenvalue weighted by Crippen LogP contribution is -1.90. The van der Waals surface area contributed by atoms with Gasteiger partial charge >= 0.3 is 0 Å². The Hall–Kier alpha value is -2.07. The van der Waals surface area contributed by atoms with Crippen molar-refractivity contribution in [2.75, 3.05) is 5.73 Å². The fraction of sp³-hybridized carbons (Fsp3) is 0.118. The summed E-state index contributed by atoms with van der Waals surface area (Å²) < 4.78 is 6.26. The zero-order valence-electron chi connectivity index (χ0n) is 11.9. The van der Waals surface area contributed by atoms with Gasteiger partial charge in [0.2, 0.25) is 5.88 Å². The number of rotatable bonds is 2. The molecule has 1 aromatic heterocycles. The molecule has 2 aromatic carbocycles. The molecule has 0 radical (unpaired) electrons. The molecule has 0 saturated heterocycles. The van der Waals surface area contributed by atoms with Gasteiger partial charge in [0, 0.05) is 10.0 Å². The zero-order valence-corrected chi connectivity index (χ0v) is 13.4. The van der Waals surface area contributed by atoms with Crippen LogP contribution in [0.25, 0.3) is 22.4 Å². The number of hydrogen-bond acceptors (Lipinski definition) is 3. The van der Waals surface area contributed by atoms with Crippen molar-refractivity contribution in [3.63, 3.8) is 0 Å². The number of nitrogens with two attached hydrogens (primary N) is 1. The summed E-state index contributed by atoms with van der Waals surface area (Å²) in [6, 6.07) is 14.2. The normalized spacial score (nSPS) is 10.8. The molecule has 0 fully saturated rings. The molecule has 0 bridgehead atoms. The van der Waals surface area contributed by atoms with Crippen LogP contribution in [0.2, 0.25) is 0 Å². The first-order valence-electron chi connectivity index (χ1n) is 6.65. The monoisotopic (exact) mass is 342 g/mol. The molecular weight excluding hydrogens is 328 g/mol. The van der Waals surface area contributed by atoms with E-state index in [0.29, 0.717) is 5.88 Å². The maximum Gasteiger partial charge on any atom is 0.230 e. The van der Waals surface area contributed by atoms with Gasteiger partial charge in [0.25, 0.3) is 0 Å². The molecule has 3 rings (SSSR count). The molecule has 3 aromatic rings. The lowest BCUT2D eigenvalue weighted by molar-refractivity contribution is 0.439. The highest BCUT2D eigenvalue weighted by molar-refractivity contribution is 9.10. The summed E-state index contributed by atoms with van der Waals surface area (Å²) >= 11 is 3.52. The average Bonchev–Trinajstić information content (AvgIpc) is 2.80. The van der Waals surface area contributed by atoms with Crippen molar-refractivity contribution in [3.8, 4) is 22.4 Å². The number of halogens is 1. The van der Waals surface area contributed by atoms with E-state index in [9.17, 15) is 0 Å². The molecule has 0 spiro atoms. The van der Waals surface area contributed by atoms with Crippen LogP contribution in [-0.2, 0) is 0 Å². The summed E-state index contributed by atoms with van der Waals surface area (Å²) in [6.07, 6.45) is 0. The Balaban J connectivity index is 2.24. The van der Waals surface area contributed by atoms with Crippen molar-refractivity contribution in [1.82, 2.24) is 5.16 Å². The van der Waals surface area contributed by atoms with Gasteiger partial charge in [0.1, 0.15) is 5.69 Å². The van der Waals surface area contributed by atoms with Crippen molar-refractivity contribution < 1.29 is 4.52 Å². The molecule has 2 N–H and O–H groups in total. The molecule has 3 nitrogen and oxygen atoms in total. The minimum Gasteiger partial charge on any atom is -0.367 e. The quantitative estimate of drug-likeness (QED) is 0.715. The average molecular weight is 343 g/mol. The van der Waals surface area contributed by atoms with Crippen molar-refractivity contribution in [3.05, 3.63) is 58.1 Å². The SMILES string of the molecule is Cc1cc(Br)cc(-c2noc(N)c2-c2ccccc2C)c1. The van der Waals surface area contributed by atoms with Crippen LogP contribution in [0, 0.1) is 13.8 Å². The number of nitrogen functional groups attached to an aromatic ring is 1. The third-order valence-electron chi connectivity index (χ3n) is 3.45. The first-order valence-corrected chi connectivity index (χ1v) is 7.44. The minimum atomic E-state index is 0.344. The van der Waals surface area contributed by atoms with Crippen molar-refractivity contribution in [1.29, 1.82) is 0 Å². The van der Waals surface area contributed by atoms with Gasteiger partial charge in [0.15, 0.2) is 0 Å². The van der Waals surface area contributed by atoms with Gasteiger partial charge in [-0.05, 0) is 48.7 Å². The largest absolute Gasteiger partial charge is 0.367 e. The lowest BCUT2D eigenvalue weighted by Gasteiger charge is -2.07. The summed E-state index contributed by atoms with van der Waals surface area (Å²) in [5.74, 6) is 0.344. The molecule has 0 atom stereocenters. The summed E-state index contributed by atoms with van der Waals surface area (Å²) in [5.41, 5.74) is 12.0. The highest BCUT2D eigenvalue weighted by atomic mass is 79.9. The van der Waals surface area contributed by atoms with Crippen LogP contribution in [-0.4, -0.2) is 5.16 Å². The Morgan fingerprint density at radius 2 is 1.86 bits per heavy atom. The van der Waals surface area contributed by atoms with Crippen LogP contribution < -0.4 is 5.73 Å². The van der Waals surface area contributed by atoms with Crippen LogP contribution in [0.4, 0.5) is 5.88 Å². The second-order valence-electron chi connectivity index (χ2n) is 5.10. The van der Waals surface area contributed by atoms with Gasteiger partial charge in [-0.15, -0.1) is 0 Å². The standard InChI is InChI=1S/C17H15BrN2O/c1-10-7-12(9-13(18)8-10)16-15(17(19)21-20-16)14-6-4-3-5-11(14)2/h3-9H,19H2,1-2H3. The molecule has 106 valence electrons. The Bertz CT molecular complexity index is 788. The first-order chi connectivity index (χ1) is 10.1. The van der Waals surface area contributed by atoms with Crippen molar-refractivity contribution >= 4 is 21.8 Å². The predicted octanol–water partition coefficient (Wildman–Crippen LogP) is 4.97. The van der Waals surface area contributed by atoms with Crippen LogP contribution in [0.15, 0.2) is 51.5 Å². The van der Waals surface area contributed by atoms with Crippen molar-refractivity contribution in [2.24, 2.45) is 0 Å². The topological polar surface area (TPSA) is 52.0 Å². The summed E-state index contributed by atoms with van der Waals surface area (Å²) in [6.45, 7) is 4.10. The summed E-state index contributed by atoms with van der Waals surface area (Å²) in [7, 11) is 0. The highest BCUT2D eigenvalue weighted by Gasteiger charge is 2.19. The van der Waals surface area contributed by atoms with Crippen LogP contribution >= 0.6 is 15.9 Å². The molecule has 0 amide bonds. The number of benzene rings is 2. The Labute approximate surface area is 131 Å². The molecule has 0 saturated carbocycles. The lowest BCUT2D eigenvalue weighted by atomic mass is 9.97. The Kier molecular flexibility index (Phi) is 3.55. The summed E-state index contributed by atoms with van der Waals surface area (Å²) in [4.78, 5) is 0. The van der Waals surface area contributed by atoms with Crippen molar-refractivity contribution in [2.45, 2.75) is 13.8 Å². The van der Waals surface area contributed by atoms with Gasteiger partial charge < -0.3 is 10.3 Å².